The molecule has 2 rings (SSSR count). The van der Waals surface area contributed by atoms with Gasteiger partial charge >= 0.3 is 11.9 Å². The van der Waals surface area contributed by atoms with Gasteiger partial charge in [0.15, 0.2) is 0 Å². The van der Waals surface area contributed by atoms with E-state index in [0.717, 1.165) is 0 Å². The van der Waals surface area contributed by atoms with E-state index in [1.54, 1.807) is 0 Å². The van der Waals surface area contributed by atoms with Crippen molar-refractivity contribution in [2.75, 3.05) is 0 Å². The van der Waals surface area contributed by atoms with Crippen molar-refractivity contribution in [2.45, 2.75) is 37.4 Å². The molecule has 0 atom stereocenters. The van der Waals surface area contributed by atoms with Crippen LogP contribution in [0.2, 0.25) is 0 Å². The number of carbonyl (C=O) groups is 2. The van der Waals surface area contributed by atoms with Crippen molar-refractivity contribution in [1.82, 2.24) is 0 Å². The van der Waals surface area contributed by atoms with Gasteiger partial charge in [-0.3, -0.25) is 0 Å². The van der Waals surface area contributed by atoms with Crippen molar-refractivity contribution in [3.05, 3.63) is 34.9 Å². The van der Waals surface area contributed by atoms with Crippen molar-refractivity contribution in [2.24, 2.45) is 0 Å². The number of aliphatic hydroxyl groups excluding tert-OH is 1. The van der Waals surface area contributed by atoms with E-state index >= 15 is 0 Å². The van der Waals surface area contributed by atoms with Crippen molar-refractivity contribution < 1.29 is 30.0 Å². The zero-order valence-corrected chi connectivity index (χ0v) is 10.7. The number of hydrogen-bond acceptors (Lipinski definition) is 4. The minimum Gasteiger partial charge on any atom is -0.478 e. The average molecular weight is 280 g/mol. The lowest BCUT2D eigenvalue weighted by molar-refractivity contribution is -0.0368. The molecule has 1 aliphatic carbocycles. The molecule has 1 aromatic carbocycles. The van der Waals surface area contributed by atoms with Crippen molar-refractivity contribution in [3.8, 4) is 0 Å². The predicted octanol–water partition coefficient (Wildman–Crippen LogP) is 1.21. The first-order valence-electron chi connectivity index (χ1n) is 6.35. The first-order valence-corrected chi connectivity index (χ1v) is 6.35. The van der Waals surface area contributed by atoms with E-state index in [1.807, 2.05) is 0 Å². The second-order valence-corrected chi connectivity index (χ2v) is 5.13. The van der Waals surface area contributed by atoms with E-state index < -0.39 is 23.6 Å². The van der Waals surface area contributed by atoms with Crippen LogP contribution in [0.5, 0.6) is 0 Å². The molecule has 6 heteroatoms. The van der Waals surface area contributed by atoms with Gasteiger partial charge in [-0.15, -0.1) is 0 Å². The van der Waals surface area contributed by atoms with Crippen LogP contribution in [0.4, 0.5) is 0 Å². The van der Waals surface area contributed by atoms with Crippen LogP contribution in [0.15, 0.2) is 18.2 Å². The predicted molar refractivity (Wildman–Crippen MR) is 68.7 cm³/mol. The maximum Gasteiger partial charge on any atom is 0.336 e. The molecule has 108 valence electrons. The monoisotopic (exact) mass is 280 g/mol. The molecule has 6 nitrogen and oxygen atoms in total. The quantitative estimate of drug-likeness (QED) is 0.661. The number of aromatic carboxylic acids is 2. The SMILES string of the molecule is O=C(O)c1ccc(C(=O)O)c(C2(O)CCC(O)CC2)c1. The summed E-state index contributed by atoms with van der Waals surface area (Å²) in [4.78, 5) is 22.2. The third kappa shape index (κ3) is 2.66. The molecule has 1 aromatic rings. The highest BCUT2D eigenvalue weighted by atomic mass is 16.4. The zero-order valence-electron chi connectivity index (χ0n) is 10.7. The van der Waals surface area contributed by atoms with E-state index in [1.165, 1.54) is 18.2 Å². The Morgan fingerprint density at radius 3 is 2.20 bits per heavy atom. The third-order valence-electron chi connectivity index (χ3n) is 3.78. The highest BCUT2D eigenvalue weighted by Gasteiger charge is 2.37. The van der Waals surface area contributed by atoms with E-state index in [9.17, 15) is 24.9 Å². The molecule has 0 saturated heterocycles. The maximum atomic E-state index is 11.2. The Morgan fingerprint density at radius 1 is 1.10 bits per heavy atom. The molecular formula is C14H16O6. The van der Waals surface area contributed by atoms with Crippen molar-refractivity contribution in [3.63, 3.8) is 0 Å². The number of hydrogen-bond donors (Lipinski definition) is 4. The molecule has 20 heavy (non-hydrogen) atoms. The van der Waals surface area contributed by atoms with Crippen LogP contribution in [-0.2, 0) is 5.60 Å². The lowest BCUT2D eigenvalue weighted by Crippen LogP contribution is -2.35. The number of rotatable bonds is 3. The second kappa shape index (κ2) is 5.22. The summed E-state index contributed by atoms with van der Waals surface area (Å²) in [6.45, 7) is 0. The molecule has 0 aliphatic heterocycles. The topological polar surface area (TPSA) is 115 Å². The maximum absolute atomic E-state index is 11.2. The van der Waals surface area contributed by atoms with Gasteiger partial charge in [-0.05, 0) is 49.4 Å². The molecule has 4 N–H and O–H groups in total. The molecule has 0 bridgehead atoms. The first-order chi connectivity index (χ1) is 9.33. The summed E-state index contributed by atoms with van der Waals surface area (Å²) in [5.41, 5.74) is -1.46. The summed E-state index contributed by atoms with van der Waals surface area (Å²) in [5, 5.41) is 38.3. The molecule has 0 aromatic heterocycles. The van der Waals surface area contributed by atoms with Gasteiger partial charge in [-0.2, -0.15) is 0 Å². The van der Waals surface area contributed by atoms with Crippen LogP contribution in [0.1, 0.15) is 52.0 Å². The summed E-state index contributed by atoms with van der Waals surface area (Å²) < 4.78 is 0. The largest absolute Gasteiger partial charge is 0.478 e. The van der Waals surface area contributed by atoms with E-state index in [-0.39, 0.29) is 29.5 Å². The fourth-order valence-electron chi connectivity index (χ4n) is 2.60. The lowest BCUT2D eigenvalue weighted by atomic mass is 9.76. The van der Waals surface area contributed by atoms with Crippen LogP contribution in [-0.4, -0.2) is 38.5 Å². The van der Waals surface area contributed by atoms with Gasteiger partial charge in [0.1, 0.15) is 0 Å². The Morgan fingerprint density at radius 2 is 1.70 bits per heavy atom. The summed E-state index contributed by atoms with van der Waals surface area (Å²) in [6.07, 6.45) is 0.612. The standard InChI is InChI=1S/C14H16O6/c15-9-3-5-14(20,6-4-9)11-7-8(12(16)17)1-2-10(11)13(18)19/h1-2,7,9,15,20H,3-6H2,(H,16,17)(H,18,19). The third-order valence-corrected chi connectivity index (χ3v) is 3.78. The van der Waals surface area contributed by atoms with E-state index in [2.05, 4.69) is 0 Å². The van der Waals surface area contributed by atoms with Gasteiger partial charge in [0.05, 0.1) is 22.8 Å². The Labute approximate surface area is 115 Å². The van der Waals surface area contributed by atoms with Gasteiger partial charge in [-0.25, -0.2) is 9.59 Å². The van der Waals surface area contributed by atoms with Gasteiger partial charge < -0.3 is 20.4 Å². The van der Waals surface area contributed by atoms with Gasteiger partial charge in [0, 0.05) is 0 Å². The van der Waals surface area contributed by atoms with Crippen molar-refractivity contribution >= 4 is 11.9 Å². The average Bonchev–Trinajstić information content (AvgIpc) is 2.41. The fourth-order valence-corrected chi connectivity index (χ4v) is 2.60. The smallest absolute Gasteiger partial charge is 0.336 e. The molecule has 1 saturated carbocycles. The fraction of sp³-hybridized carbons (Fsp3) is 0.429. The number of aliphatic hydroxyl groups is 2. The van der Waals surface area contributed by atoms with E-state index in [4.69, 9.17) is 5.11 Å². The van der Waals surface area contributed by atoms with Crippen molar-refractivity contribution in [1.29, 1.82) is 0 Å². The molecule has 0 amide bonds. The zero-order chi connectivity index (χ0) is 14.9. The minimum absolute atomic E-state index is 0.0652. The number of carboxylic acids is 2. The molecule has 1 aliphatic rings. The summed E-state index contributed by atoms with van der Waals surface area (Å²) in [7, 11) is 0. The number of carboxylic acid groups (broad SMARTS) is 2. The lowest BCUT2D eigenvalue weighted by Gasteiger charge is -2.35. The highest BCUT2D eigenvalue weighted by Crippen LogP contribution is 2.39. The van der Waals surface area contributed by atoms with Gasteiger partial charge in [0.2, 0.25) is 0 Å². The highest BCUT2D eigenvalue weighted by molar-refractivity contribution is 5.93. The van der Waals surface area contributed by atoms with Crippen LogP contribution in [0.3, 0.4) is 0 Å². The summed E-state index contributed by atoms with van der Waals surface area (Å²) in [5.74, 6) is -2.39. The minimum atomic E-state index is -1.40. The summed E-state index contributed by atoms with van der Waals surface area (Å²) >= 11 is 0. The van der Waals surface area contributed by atoms with Crippen LogP contribution in [0.25, 0.3) is 0 Å². The Bertz CT molecular complexity index is 543. The van der Waals surface area contributed by atoms with Crippen LogP contribution >= 0.6 is 0 Å². The number of benzene rings is 1. The molecule has 0 unspecified atom stereocenters. The Balaban J connectivity index is 2.49. The second-order valence-electron chi connectivity index (χ2n) is 5.13. The van der Waals surface area contributed by atoms with Crippen LogP contribution < -0.4 is 0 Å². The summed E-state index contributed by atoms with van der Waals surface area (Å²) in [6, 6.07) is 3.62. The normalized spacial score (nSPS) is 26.2. The Kier molecular flexibility index (Phi) is 3.78. The molecule has 0 spiro atoms. The Hall–Kier alpha value is -1.92. The van der Waals surface area contributed by atoms with Gasteiger partial charge in [0.25, 0.3) is 0 Å². The molecule has 1 fully saturated rings. The molecule has 0 radical (unpaired) electrons. The van der Waals surface area contributed by atoms with Crippen LogP contribution in [0, 0.1) is 0 Å². The first kappa shape index (κ1) is 14.5. The van der Waals surface area contributed by atoms with Gasteiger partial charge in [-0.1, -0.05) is 0 Å². The molecular weight excluding hydrogens is 264 g/mol. The van der Waals surface area contributed by atoms with E-state index in [0.29, 0.717) is 12.8 Å². The molecule has 0 heterocycles.